The summed E-state index contributed by atoms with van der Waals surface area (Å²) in [5.41, 5.74) is -2.48. The van der Waals surface area contributed by atoms with E-state index in [1.54, 1.807) is 41.5 Å². The van der Waals surface area contributed by atoms with E-state index in [2.05, 4.69) is 15.4 Å². The van der Waals surface area contributed by atoms with Crippen molar-refractivity contribution in [2.45, 2.75) is 73.0 Å². The molecule has 2 N–H and O–H groups in total. The maximum atomic E-state index is 12.9. The van der Waals surface area contributed by atoms with Crippen LogP contribution in [0.4, 0.5) is 4.79 Å². The minimum absolute atomic E-state index is 0.00130. The number of amides is 2. The second kappa shape index (κ2) is 12.8. The van der Waals surface area contributed by atoms with Crippen molar-refractivity contribution in [3.63, 3.8) is 0 Å². The average Bonchev–Trinajstić information content (AvgIpc) is 2.78. The molecule has 1 aliphatic rings. The van der Waals surface area contributed by atoms with E-state index < -0.39 is 61.0 Å². The third kappa shape index (κ3) is 10.0. The summed E-state index contributed by atoms with van der Waals surface area (Å²) >= 11 is 0. The van der Waals surface area contributed by atoms with Crippen LogP contribution < -0.4 is 10.6 Å². The quantitative estimate of drug-likeness (QED) is 0.172. The fourth-order valence-electron chi connectivity index (χ4n) is 2.75. The summed E-state index contributed by atoms with van der Waals surface area (Å²) in [6.07, 6.45) is -1.72. The normalized spacial score (nSPS) is 24.4. The zero-order valence-electron chi connectivity index (χ0n) is 22.3. The van der Waals surface area contributed by atoms with E-state index in [0.29, 0.717) is 6.42 Å². The average molecular weight is 539 g/mol. The van der Waals surface area contributed by atoms with Crippen molar-refractivity contribution in [1.82, 2.24) is 10.6 Å². The van der Waals surface area contributed by atoms with Crippen LogP contribution in [0.25, 0.3) is 0 Å². The molecule has 0 bridgehead atoms. The molecule has 1 aliphatic heterocycles. The van der Waals surface area contributed by atoms with Crippen molar-refractivity contribution >= 4 is 31.8 Å². The van der Waals surface area contributed by atoms with Gasteiger partial charge in [0.15, 0.2) is 6.10 Å². The van der Waals surface area contributed by atoms with Gasteiger partial charge in [-0.25, -0.2) is 13.9 Å². The third-order valence-corrected chi connectivity index (χ3v) is 6.68. The van der Waals surface area contributed by atoms with E-state index in [4.69, 9.17) is 23.0 Å². The molecule has 2 amide bonds. The van der Waals surface area contributed by atoms with Gasteiger partial charge in [0, 0.05) is 12.0 Å². The molecule has 0 aromatic carbocycles. The molecule has 0 radical (unpaired) electrons. The Morgan fingerprint density at radius 3 is 2.31 bits per heavy atom. The first-order valence-electron chi connectivity index (χ1n) is 11.5. The first-order chi connectivity index (χ1) is 16.5. The number of methoxy groups -OCH3 is 1. The van der Waals surface area contributed by atoms with Crippen molar-refractivity contribution in [2.75, 3.05) is 33.7 Å². The van der Waals surface area contributed by atoms with Gasteiger partial charge in [-0.05, 0) is 41.0 Å². The summed E-state index contributed by atoms with van der Waals surface area (Å²) in [5, 5.41) is 5.05. The smallest absolute Gasteiger partial charge is 0.469 e. The molecule has 13 nitrogen and oxygen atoms in total. The number of nitrogens with one attached hydrogen (secondary N) is 2. The van der Waals surface area contributed by atoms with Crippen LogP contribution in [0, 0.1) is 10.8 Å². The summed E-state index contributed by atoms with van der Waals surface area (Å²) in [6.45, 7) is 10.9. The molecule has 0 aromatic rings. The Bertz CT molecular complexity index is 855. The molecule has 0 aliphatic carbocycles. The summed E-state index contributed by atoms with van der Waals surface area (Å²) in [5.74, 6) is -1.52. The predicted octanol–water partition coefficient (Wildman–Crippen LogP) is 2.67. The molecule has 208 valence electrons. The Balaban J connectivity index is 2.63. The van der Waals surface area contributed by atoms with Crippen molar-refractivity contribution in [3.05, 3.63) is 0 Å². The third-order valence-electron chi connectivity index (χ3n) is 5.34. The fourth-order valence-corrected chi connectivity index (χ4v) is 4.19. The Morgan fingerprint density at radius 1 is 1.11 bits per heavy atom. The van der Waals surface area contributed by atoms with Gasteiger partial charge in [0.05, 0.1) is 31.1 Å². The fraction of sp³-hybridized carbons (Fsp3) is 0.818. The van der Waals surface area contributed by atoms with Crippen LogP contribution in [0.5, 0.6) is 0 Å². The maximum Gasteiger partial charge on any atom is 0.478 e. The number of phosphoric ester groups is 1. The molecule has 1 fully saturated rings. The Kier molecular flexibility index (Phi) is 11.4. The van der Waals surface area contributed by atoms with Crippen molar-refractivity contribution in [2.24, 2.45) is 10.8 Å². The highest BCUT2D eigenvalue weighted by Gasteiger charge is 2.50. The molecule has 1 heterocycles. The lowest BCUT2D eigenvalue weighted by molar-refractivity contribution is -0.154. The standard InChI is InChI=1S/C22H39N2O11P/c1-9-22(7)13-33-36(29,35-16(22)17(26)23-11-10-15(25)30-8)34-14-32-19(28)24-21(5,6)12-31-18(27)20(2,3)4/h16H,9-14H2,1-8H3,(H,23,26)(H,24,28). The van der Waals surface area contributed by atoms with Crippen LogP contribution in [-0.2, 0) is 46.7 Å². The van der Waals surface area contributed by atoms with Crippen molar-refractivity contribution in [1.29, 1.82) is 0 Å². The number of carbonyl (C=O) groups is 4. The molecule has 0 spiro atoms. The van der Waals surface area contributed by atoms with Crippen LogP contribution in [0.3, 0.4) is 0 Å². The van der Waals surface area contributed by atoms with E-state index in [9.17, 15) is 23.7 Å². The van der Waals surface area contributed by atoms with Gasteiger partial charge in [0.2, 0.25) is 12.7 Å². The molecule has 14 heteroatoms. The molecule has 3 unspecified atom stereocenters. The second-order valence-electron chi connectivity index (χ2n) is 10.3. The van der Waals surface area contributed by atoms with E-state index in [1.807, 2.05) is 6.92 Å². The number of carbonyl (C=O) groups excluding carboxylic acids is 4. The summed E-state index contributed by atoms with van der Waals surface area (Å²) in [7, 11) is -3.02. The van der Waals surface area contributed by atoms with Gasteiger partial charge in [-0.1, -0.05) is 13.8 Å². The minimum Gasteiger partial charge on any atom is -0.469 e. The van der Waals surface area contributed by atoms with Crippen LogP contribution in [0.1, 0.15) is 61.3 Å². The van der Waals surface area contributed by atoms with Crippen LogP contribution in [0.2, 0.25) is 0 Å². The summed E-state index contributed by atoms with van der Waals surface area (Å²) < 4.78 is 43.3. The SMILES string of the molecule is CCC1(C)COP(=O)(OCOC(=O)NC(C)(C)COC(=O)C(C)(C)C)OC1C(=O)NCCC(=O)OC. The summed E-state index contributed by atoms with van der Waals surface area (Å²) in [4.78, 5) is 48.0. The van der Waals surface area contributed by atoms with Gasteiger partial charge in [0.25, 0.3) is 0 Å². The van der Waals surface area contributed by atoms with Crippen molar-refractivity contribution < 1.29 is 51.5 Å². The van der Waals surface area contributed by atoms with Crippen molar-refractivity contribution in [3.8, 4) is 0 Å². The Morgan fingerprint density at radius 2 is 1.75 bits per heavy atom. The maximum absolute atomic E-state index is 12.9. The largest absolute Gasteiger partial charge is 0.478 e. The monoisotopic (exact) mass is 538 g/mol. The highest BCUT2D eigenvalue weighted by atomic mass is 31.2. The Labute approximate surface area is 211 Å². The number of hydrogen-bond acceptors (Lipinski definition) is 11. The molecular formula is C22H39N2O11P. The lowest BCUT2D eigenvalue weighted by Gasteiger charge is -2.41. The lowest BCUT2D eigenvalue weighted by atomic mass is 9.82. The number of ether oxygens (including phenoxy) is 3. The molecule has 1 saturated heterocycles. The number of phosphoric acid groups is 1. The Hall–Kier alpha value is -2.21. The van der Waals surface area contributed by atoms with Gasteiger partial charge in [-0.15, -0.1) is 0 Å². The molecule has 36 heavy (non-hydrogen) atoms. The van der Waals surface area contributed by atoms with Crippen LogP contribution in [-0.4, -0.2) is 69.2 Å². The minimum atomic E-state index is -4.25. The number of esters is 2. The lowest BCUT2D eigenvalue weighted by Crippen LogP contribution is -2.51. The van der Waals surface area contributed by atoms with Crippen LogP contribution in [0.15, 0.2) is 0 Å². The summed E-state index contributed by atoms with van der Waals surface area (Å²) in [6, 6.07) is 0. The van der Waals surface area contributed by atoms with Gasteiger partial charge in [-0.2, -0.15) is 0 Å². The molecule has 0 saturated carbocycles. The van der Waals surface area contributed by atoms with Gasteiger partial charge in [-0.3, -0.25) is 23.4 Å². The van der Waals surface area contributed by atoms with E-state index in [0.717, 1.165) is 0 Å². The molecule has 3 atom stereocenters. The van der Waals surface area contributed by atoms with E-state index in [1.165, 1.54) is 7.11 Å². The zero-order chi connectivity index (χ0) is 27.8. The van der Waals surface area contributed by atoms with E-state index in [-0.39, 0.29) is 26.2 Å². The number of alkyl carbamates (subject to hydrolysis) is 1. The van der Waals surface area contributed by atoms with Gasteiger partial charge >= 0.3 is 25.9 Å². The second-order valence-corrected chi connectivity index (χ2v) is 12.0. The molecule has 1 rings (SSSR count). The van der Waals surface area contributed by atoms with Crippen LogP contribution >= 0.6 is 7.82 Å². The topological polar surface area (TPSA) is 165 Å². The first-order valence-corrected chi connectivity index (χ1v) is 13.0. The number of hydrogen-bond donors (Lipinski definition) is 2. The molecule has 0 aromatic heterocycles. The van der Waals surface area contributed by atoms with Gasteiger partial charge < -0.3 is 24.8 Å². The van der Waals surface area contributed by atoms with Gasteiger partial charge in [0.1, 0.15) is 6.61 Å². The highest BCUT2D eigenvalue weighted by molar-refractivity contribution is 7.48. The van der Waals surface area contributed by atoms with E-state index >= 15 is 0 Å². The molecular weight excluding hydrogens is 499 g/mol. The number of rotatable bonds is 11. The predicted molar refractivity (Wildman–Crippen MR) is 127 cm³/mol. The zero-order valence-corrected chi connectivity index (χ0v) is 23.2. The highest BCUT2D eigenvalue weighted by Crippen LogP contribution is 2.57. The first kappa shape index (κ1) is 31.8.